The molecule has 2 aliphatic rings. The van der Waals surface area contributed by atoms with Crippen LogP contribution in [0, 0.1) is 0 Å². The molecule has 124 valence electrons. The topological polar surface area (TPSA) is 55.6 Å². The van der Waals surface area contributed by atoms with Gasteiger partial charge in [0.2, 0.25) is 5.91 Å². The van der Waals surface area contributed by atoms with Gasteiger partial charge in [0.25, 0.3) is 0 Å². The van der Waals surface area contributed by atoms with Crippen molar-refractivity contribution in [1.29, 1.82) is 0 Å². The number of nitrogens with two attached hydrogens (primary N) is 1. The SMILES string of the molecule is CCCCCN1C(=O)C2(COc3cc(N)ccc32)c2ccccc21. The molecule has 0 aliphatic carbocycles. The van der Waals surface area contributed by atoms with E-state index in [9.17, 15) is 4.79 Å². The molecule has 0 bridgehead atoms. The second kappa shape index (κ2) is 5.55. The molecular weight excluding hydrogens is 300 g/mol. The molecule has 0 saturated heterocycles. The lowest BCUT2D eigenvalue weighted by molar-refractivity contribution is -0.122. The van der Waals surface area contributed by atoms with E-state index in [1.807, 2.05) is 41.3 Å². The average molecular weight is 322 g/mol. The van der Waals surface area contributed by atoms with Crippen LogP contribution in [0.15, 0.2) is 42.5 Å². The van der Waals surface area contributed by atoms with Crippen LogP contribution in [0.1, 0.15) is 37.3 Å². The number of unbranched alkanes of at least 4 members (excludes halogenated alkanes) is 2. The van der Waals surface area contributed by atoms with E-state index >= 15 is 0 Å². The van der Waals surface area contributed by atoms with Crippen LogP contribution in [0.2, 0.25) is 0 Å². The quantitative estimate of drug-likeness (QED) is 0.692. The van der Waals surface area contributed by atoms with Crippen LogP contribution in [0.4, 0.5) is 11.4 Å². The number of amides is 1. The van der Waals surface area contributed by atoms with Gasteiger partial charge in [0, 0.05) is 29.5 Å². The summed E-state index contributed by atoms with van der Waals surface area (Å²) in [5.74, 6) is 0.858. The lowest BCUT2D eigenvalue weighted by atomic mass is 9.77. The first-order chi connectivity index (χ1) is 11.7. The molecule has 0 aromatic heterocycles. The zero-order valence-corrected chi connectivity index (χ0v) is 13.9. The van der Waals surface area contributed by atoms with Gasteiger partial charge in [-0.2, -0.15) is 0 Å². The van der Waals surface area contributed by atoms with Gasteiger partial charge in [-0.3, -0.25) is 4.79 Å². The van der Waals surface area contributed by atoms with Gasteiger partial charge in [0.1, 0.15) is 17.8 Å². The molecule has 24 heavy (non-hydrogen) atoms. The van der Waals surface area contributed by atoms with Crippen LogP contribution in [0.25, 0.3) is 0 Å². The number of para-hydroxylation sites is 1. The Morgan fingerprint density at radius 2 is 2.00 bits per heavy atom. The first kappa shape index (κ1) is 15.1. The van der Waals surface area contributed by atoms with E-state index in [0.717, 1.165) is 48.4 Å². The second-order valence-corrected chi connectivity index (χ2v) is 6.63. The fourth-order valence-corrected chi connectivity index (χ4v) is 3.94. The molecule has 2 heterocycles. The summed E-state index contributed by atoms with van der Waals surface area (Å²) >= 11 is 0. The maximum Gasteiger partial charge on any atom is 0.245 e. The van der Waals surface area contributed by atoms with E-state index in [4.69, 9.17) is 10.5 Å². The lowest BCUT2D eigenvalue weighted by Crippen LogP contribution is -2.42. The Morgan fingerprint density at radius 1 is 1.17 bits per heavy atom. The third-order valence-corrected chi connectivity index (χ3v) is 5.16. The number of fused-ring (bicyclic) bond motifs is 4. The fraction of sp³-hybridized carbons (Fsp3) is 0.350. The number of hydrogen-bond acceptors (Lipinski definition) is 3. The van der Waals surface area contributed by atoms with E-state index in [1.54, 1.807) is 0 Å². The van der Waals surface area contributed by atoms with Gasteiger partial charge < -0.3 is 15.4 Å². The van der Waals surface area contributed by atoms with Gasteiger partial charge >= 0.3 is 0 Å². The molecule has 4 rings (SSSR count). The van der Waals surface area contributed by atoms with Crippen molar-refractivity contribution in [2.24, 2.45) is 0 Å². The minimum atomic E-state index is -0.716. The molecule has 0 radical (unpaired) electrons. The summed E-state index contributed by atoms with van der Waals surface area (Å²) in [4.78, 5) is 15.4. The molecule has 2 aromatic carbocycles. The minimum Gasteiger partial charge on any atom is -0.491 e. The number of carbonyl (C=O) groups excluding carboxylic acids is 1. The molecule has 2 aromatic rings. The van der Waals surface area contributed by atoms with Gasteiger partial charge in [-0.05, 0) is 24.1 Å². The third kappa shape index (κ3) is 1.95. The van der Waals surface area contributed by atoms with Gasteiger partial charge in [-0.1, -0.05) is 44.0 Å². The zero-order chi connectivity index (χ0) is 16.7. The van der Waals surface area contributed by atoms with Crippen molar-refractivity contribution < 1.29 is 9.53 Å². The van der Waals surface area contributed by atoms with Crippen molar-refractivity contribution in [3.05, 3.63) is 53.6 Å². The molecule has 4 heteroatoms. The monoisotopic (exact) mass is 322 g/mol. The van der Waals surface area contributed by atoms with Crippen LogP contribution < -0.4 is 15.4 Å². The number of benzene rings is 2. The van der Waals surface area contributed by atoms with Crippen LogP contribution in [-0.2, 0) is 10.2 Å². The highest BCUT2D eigenvalue weighted by atomic mass is 16.5. The number of nitrogen functional groups attached to an aromatic ring is 1. The molecule has 1 amide bonds. The van der Waals surface area contributed by atoms with Crippen LogP contribution >= 0.6 is 0 Å². The van der Waals surface area contributed by atoms with Crippen molar-refractivity contribution in [3.63, 3.8) is 0 Å². The molecular formula is C20H22N2O2. The predicted octanol–water partition coefficient (Wildman–Crippen LogP) is 3.48. The average Bonchev–Trinajstić information content (AvgIpc) is 3.08. The number of carbonyl (C=O) groups is 1. The van der Waals surface area contributed by atoms with E-state index in [-0.39, 0.29) is 5.91 Å². The first-order valence-electron chi connectivity index (χ1n) is 8.63. The summed E-state index contributed by atoms with van der Waals surface area (Å²) in [5, 5.41) is 0. The lowest BCUT2D eigenvalue weighted by Gasteiger charge is -2.23. The molecule has 2 N–H and O–H groups in total. The Kier molecular flexibility index (Phi) is 3.48. The maximum atomic E-state index is 13.4. The normalized spacial score (nSPS) is 21.0. The molecule has 4 nitrogen and oxygen atoms in total. The van der Waals surface area contributed by atoms with E-state index < -0.39 is 5.41 Å². The van der Waals surface area contributed by atoms with Gasteiger partial charge in [-0.15, -0.1) is 0 Å². The number of hydrogen-bond donors (Lipinski definition) is 1. The van der Waals surface area contributed by atoms with Crippen molar-refractivity contribution in [1.82, 2.24) is 0 Å². The Hall–Kier alpha value is -2.49. The molecule has 0 fully saturated rings. The van der Waals surface area contributed by atoms with E-state index in [2.05, 4.69) is 13.0 Å². The Morgan fingerprint density at radius 3 is 2.83 bits per heavy atom. The molecule has 1 unspecified atom stereocenters. The van der Waals surface area contributed by atoms with Gasteiger partial charge in [-0.25, -0.2) is 0 Å². The van der Waals surface area contributed by atoms with Crippen LogP contribution in [0.3, 0.4) is 0 Å². The Labute approximate surface area is 142 Å². The predicted molar refractivity (Wildman–Crippen MR) is 95.4 cm³/mol. The number of rotatable bonds is 4. The number of nitrogens with zero attached hydrogens (tertiary/aromatic N) is 1. The van der Waals surface area contributed by atoms with Crippen molar-refractivity contribution >= 4 is 17.3 Å². The number of ether oxygens (including phenoxy) is 1. The number of anilines is 2. The molecule has 1 atom stereocenters. The van der Waals surface area contributed by atoms with E-state index in [0.29, 0.717) is 12.3 Å². The standard InChI is InChI=1S/C20H22N2O2/c1-2-3-6-11-22-17-8-5-4-7-15(17)20(19(22)23)13-24-18-12-14(21)9-10-16(18)20/h4-5,7-10,12H,2-3,6,11,13,21H2,1H3. The molecule has 0 saturated carbocycles. The summed E-state index contributed by atoms with van der Waals surface area (Å²) in [6.07, 6.45) is 3.28. The highest BCUT2D eigenvalue weighted by Gasteiger charge is 2.56. The largest absolute Gasteiger partial charge is 0.491 e. The van der Waals surface area contributed by atoms with Crippen LogP contribution in [-0.4, -0.2) is 19.1 Å². The first-order valence-corrected chi connectivity index (χ1v) is 8.63. The summed E-state index contributed by atoms with van der Waals surface area (Å²) in [6.45, 7) is 3.29. The molecule has 1 spiro atoms. The minimum absolute atomic E-state index is 0.128. The summed E-state index contributed by atoms with van der Waals surface area (Å²) in [5.41, 5.74) is 8.83. The van der Waals surface area contributed by atoms with Gasteiger partial charge in [0.15, 0.2) is 0 Å². The zero-order valence-electron chi connectivity index (χ0n) is 13.9. The van der Waals surface area contributed by atoms with Crippen molar-refractivity contribution in [2.75, 3.05) is 23.8 Å². The maximum absolute atomic E-state index is 13.4. The van der Waals surface area contributed by atoms with E-state index in [1.165, 1.54) is 0 Å². The summed E-state index contributed by atoms with van der Waals surface area (Å²) < 4.78 is 5.89. The smallest absolute Gasteiger partial charge is 0.245 e. The highest BCUT2D eigenvalue weighted by molar-refractivity contribution is 6.11. The van der Waals surface area contributed by atoms with Crippen molar-refractivity contribution in [2.45, 2.75) is 31.6 Å². The summed E-state index contributed by atoms with van der Waals surface area (Å²) in [7, 11) is 0. The van der Waals surface area contributed by atoms with Crippen molar-refractivity contribution in [3.8, 4) is 5.75 Å². The second-order valence-electron chi connectivity index (χ2n) is 6.63. The Bertz CT molecular complexity index is 802. The third-order valence-electron chi connectivity index (χ3n) is 5.16. The fourth-order valence-electron chi connectivity index (χ4n) is 3.94. The van der Waals surface area contributed by atoms with Crippen LogP contribution in [0.5, 0.6) is 5.75 Å². The highest BCUT2D eigenvalue weighted by Crippen LogP contribution is 2.52. The van der Waals surface area contributed by atoms with Gasteiger partial charge in [0.05, 0.1) is 0 Å². The molecule has 2 aliphatic heterocycles. The summed E-state index contributed by atoms with van der Waals surface area (Å²) in [6, 6.07) is 13.7. The Balaban J connectivity index is 1.82.